The van der Waals surface area contributed by atoms with Gasteiger partial charge in [0.05, 0.1) is 6.26 Å². The fraction of sp³-hybridized carbons (Fsp3) is 0.286. The van der Waals surface area contributed by atoms with Crippen LogP contribution in [0.4, 0.5) is 0 Å². The van der Waals surface area contributed by atoms with Crippen LogP contribution in [0.25, 0.3) is 0 Å². The summed E-state index contributed by atoms with van der Waals surface area (Å²) in [4.78, 5) is 0. The third-order valence-electron chi connectivity index (χ3n) is 2.95. The second-order valence-electron chi connectivity index (χ2n) is 4.30. The summed E-state index contributed by atoms with van der Waals surface area (Å²) in [6.07, 6.45) is 0.856. The minimum Gasteiger partial charge on any atom is -0.486 e. The van der Waals surface area contributed by atoms with Gasteiger partial charge in [0, 0.05) is 5.56 Å². The van der Waals surface area contributed by atoms with Crippen molar-refractivity contribution in [3.8, 4) is 11.5 Å². The Balaban J connectivity index is 1.92. The van der Waals surface area contributed by atoms with Gasteiger partial charge in [-0.3, -0.25) is 0 Å². The Hall–Kier alpha value is -1.94. The van der Waals surface area contributed by atoms with Gasteiger partial charge in [-0.05, 0) is 30.7 Å². The summed E-state index contributed by atoms with van der Waals surface area (Å²) >= 11 is 0. The lowest BCUT2D eigenvalue weighted by molar-refractivity contribution is 0.169. The summed E-state index contributed by atoms with van der Waals surface area (Å²) in [5.74, 6) is 2.18. The van der Waals surface area contributed by atoms with Gasteiger partial charge in [0.1, 0.15) is 25.1 Å². The Labute approximate surface area is 105 Å². The quantitative estimate of drug-likeness (QED) is 0.884. The van der Waals surface area contributed by atoms with Crippen molar-refractivity contribution in [3.05, 3.63) is 47.4 Å². The zero-order chi connectivity index (χ0) is 12.5. The number of ether oxygens (including phenoxy) is 2. The van der Waals surface area contributed by atoms with Crippen molar-refractivity contribution >= 4 is 0 Å². The zero-order valence-corrected chi connectivity index (χ0v) is 10.1. The third kappa shape index (κ3) is 1.95. The molecule has 1 unspecified atom stereocenters. The standard InChI is InChI=1S/C14H14O4/c1-9-6-11(8-18-9)14(15)10-2-3-12-13(7-10)17-5-4-16-12/h2-3,6-8,14-15H,4-5H2,1H3. The van der Waals surface area contributed by atoms with Gasteiger partial charge in [-0.15, -0.1) is 0 Å². The summed E-state index contributed by atoms with van der Waals surface area (Å²) in [5, 5.41) is 10.3. The number of aliphatic hydroxyl groups is 1. The maximum atomic E-state index is 10.3. The van der Waals surface area contributed by atoms with Crippen LogP contribution in [0.3, 0.4) is 0 Å². The molecule has 4 nitrogen and oxygen atoms in total. The van der Waals surface area contributed by atoms with E-state index in [1.165, 1.54) is 0 Å². The van der Waals surface area contributed by atoms with Gasteiger partial charge in [0.2, 0.25) is 0 Å². The number of fused-ring (bicyclic) bond motifs is 1. The number of furan rings is 1. The van der Waals surface area contributed by atoms with E-state index in [1.807, 2.05) is 31.2 Å². The first kappa shape index (κ1) is 11.2. The fourth-order valence-electron chi connectivity index (χ4n) is 2.03. The summed E-state index contributed by atoms with van der Waals surface area (Å²) in [6, 6.07) is 7.28. The molecule has 3 rings (SSSR count). The molecule has 1 N–H and O–H groups in total. The smallest absolute Gasteiger partial charge is 0.161 e. The Bertz CT molecular complexity index is 559. The highest BCUT2D eigenvalue weighted by molar-refractivity contribution is 5.45. The normalized spacial score (nSPS) is 15.4. The second kappa shape index (κ2) is 4.38. The van der Waals surface area contributed by atoms with Gasteiger partial charge in [-0.25, -0.2) is 0 Å². The summed E-state index contributed by atoms with van der Waals surface area (Å²) in [6.45, 7) is 2.95. The van der Waals surface area contributed by atoms with Gasteiger partial charge < -0.3 is 19.0 Å². The minimum atomic E-state index is -0.710. The predicted octanol–water partition coefficient (Wildman–Crippen LogP) is 2.44. The molecule has 1 aliphatic heterocycles. The van der Waals surface area contributed by atoms with Crippen LogP contribution in [-0.4, -0.2) is 18.3 Å². The van der Waals surface area contributed by atoms with Crippen molar-refractivity contribution in [1.29, 1.82) is 0 Å². The van der Waals surface area contributed by atoms with Crippen molar-refractivity contribution in [2.45, 2.75) is 13.0 Å². The first-order valence-electron chi connectivity index (χ1n) is 5.87. The van der Waals surface area contributed by atoms with E-state index in [0.29, 0.717) is 19.0 Å². The van der Waals surface area contributed by atoms with E-state index >= 15 is 0 Å². The number of aryl methyl sites for hydroxylation is 1. The molecular weight excluding hydrogens is 232 g/mol. The average Bonchev–Trinajstić information content (AvgIpc) is 2.84. The van der Waals surface area contributed by atoms with Gasteiger partial charge in [-0.2, -0.15) is 0 Å². The molecule has 0 fully saturated rings. The molecule has 2 heterocycles. The molecule has 18 heavy (non-hydrogen) atoms. The third-order valence-corrected chi connectivity index (χ3v) is 2.95. The SMILES string of the molecule is Cc1cc(C(O)c2ccc3c(c2)OCCO3)co1. The molecule has 0 saturated carbocycles. The van der Waals surface area contributed by atoms with E-state index in [4.69, 9.17) is 13.9 Å². The first-order valence-corrected chi connectivity index (χ1v) is 5.87. The molecule has 0 bridgehead atoms. The Morgan fingerprint density at radius 3 is 2.56 bits per heavy atom. The molecule has 0 amide bonds. The highest BCUT2D eigenvalue weighted by Crippen LogP contribution is 2.34. The molecule has 2 aromatic rings. The molecule has 0 aliphatic carbocycles. The monoisotopic (exact) mass is 246 g/mol. The lowest BCUT2D eigenvalue weighted by Gasteiger charge is -2.19. The van der Waals surface area contributed by atoms with Crippen LogP contribution in [0, 0.1) is 6.92 Å². The Morgan fingerprint density at radius 2 is 1.83 bits per heavy atom. The first-order chi connectivity index (χ1) is 8.74. The lowest BCUT2D eigenvalue weighted by atomic mass is 10.0. The van der Waals surface area contributed by atoms with E-state index in [-0.39, 0.29) is 0 Å². The van der Waals surface area contributed by atoms with Crippen LogP contribution in [0.5, 0.6) is 11.5 Å². The number of rotatable bonds is 2. The van der Waals surface area contributed by atoms with Gasteiger partial charge >= 0.3 is 0 Å². The van der Waals surface area contributed by atoms with E-state index in [1.54, 1.807) is 6.26 Å². The van der Waals surface area contributed by atoms with Crippen molar-refractivity contribution in [3.63, 3.8) is 0 Å². The molecule has 94 valence electrons. The molecule has 0 saturated heterocycles. The summed E-state index contributed by atoms with van der Waals surface area (Å²) < 4.78 is 16.1. The summed E-state index contributed by atoms with van der Waals surface area (Å²) in [5.41, 5.74) is 1.50. The molecule has 1 aromatic carbocycles. The molecule has 0 radical (unpaired) electrons. The van der Waals surface area contributed by atoms with Crippen LogP contribution in [0.1, 0.15) is 23.0 Å². The fourth-order valence-corrected chi connectivity index (χ4v) is 2.03. The van der Waals surface area contributed by atoms with E-state index < -0.39 is 6.10 Å². The number of benzene rings is 1. The van der Waals surface area contributed by atoms with Crippen LogP contribution in [0.2, 0.25) is 0 Å². The van der Waals surface area contributed by atoms with Crippen molar-refractivity contribution in [2.75, 3.05) is 13.2 Å². The van der Waals surface area contributed by atoms with Crippen molar-refractivity contribution in [1.82, 2.24) is 0 Å². The van der Waals surface area contributed by atoms with Crippen LogP contribution in [0.15, 0.2) is 34.9 Å². The van der Waals surface area contributed by atoms with E-state index in [0.717, 1.165) is 22.6 Å². The zero-order valence-electron chi connectivity index (χ0n) is 10.1. The van der Waals surface area contributed by atoms with Crippen LogP contribution >= 0.6 is 0 Å². The Kier molecular flexibility index (Phi) is 2.72. The van der Waals surface area contributed by atoms with Gasteiger partial charge in [0.15, 0.2) is 11.5 Å². The highest BCUT2D eigenvalue weighted by Gasteiger charge is 2.17. The van der Waals surface area contributed by atoms with Crippen LogP contribution < -0.4 is 9.47 Å². The number of hydrogen-bond donors (Lipinski definition) is 1. The predicted molar refractivity (Wildman–Crippen MR) is 64.9 cm³/mol. The number of aliphatic hydroxyl groups excluding tert-OH is 1. The topological polar surface area (TPSA) is 51.8 Å². The van der Waals surface area contributed by atoms with Gasteiger partial charge in [-0.1, -0.05) is 6.07 Å². The lowest BCUT2D eigenvalue weighted by Crippen LogP contribution is -2.15. The van der Waals surface area contributed by atoms with E-state index in [2.05, 4.69) is 0 Å². The average molecular weight is 246 g/mol. The molecule has 4 heteroatoms. The highest BCUT2D eigenvalue weighted by atomic mass is 16.6. The molecule has 1 aliphatic rings. The largest absolute Gasteiger partial charge is 0.486 e. The van der Waals surface area contributed by atoms with Crippen molar-refractivity contribution < 1.29 is 19.0 Å². The van der Waals surface area contributed by atoms with Crippen molar-refractivity contribution in [2.24, 2.45) is 0 Å². The van der Waals surface area contributed by atoms with Gasteiger partial charge in [0.25, 0.3) is 0 Å². The summed E-state index contributed by atoms with van der Waals surface area (Å²) in [7, 11) is 0. The molecule has 0 spiro atoms. The van der Waals surface area contributed by atoms with E-state index in [9.17, 15) is 5.11 Å². The number of hydrogen-bond acceptors (Lipinski definition) is 4. The maximum Gasteiger partial charge on any atom is 0.161 e. The maximum absolute atomic E-state index is 10.3. The molecular formula is C14H14O4. The molecule has 1 aromatic heterocycles. The molecule has 1 atom stereocenters. The Morgan fingerprint density at radius 1 is 1.06 bits per heavy atom. The minimum absolute atomic E-state index is 0.539. The second-order valence-corrected chi connectivity index (χ2v) is 4.30. The van der Waals surface area contributed by atoms with Crippen LogP contribution in [-0.2, 0) is 0 Å².